The molecule has 1 amide bonds. The molecular formula is C24H25N3O4. The fourth-order valence-electron chi connectivity index (χ4n) is 3.65. The third-order valence-electron chi connectivity index (χ3n) is 5.44. The Hall–Kier alpha value is -3.61. The van der Waals surface area contributed by atoms with E-state index in [0.29, 0.717) is 30.3 Å². The Bertz CT molecular complexity index is 1050. The largest absolute Gasteiger partial charge is 0.495 e. The molecule has 3 aromatic rings. The highest BCUT2D eigenvalue weighted by molar-refractivity contribution is 5.94. The second-order valence-electron chi connectivity index (χ2n) is 7.48. The lowest BCUT2D eigenvalue weighted by Crippen LogP contribution is -2.42. The number of aromatic nitrogens is 2. The maximum Gasteiger partial charge on any atom is 0.255 e. The van der Waals surface area contributed by atoms with Gasteiger partial charge in [0.05, 0.1) is 31.7 Å². The summed E-state index contributed by atoms with van der Waals surface area (Å²) in [5.74, 6) is 1.91. The van der Waals surface area contributed by atoms with Crippen molar-refractivity contribution in [2.45, 2.75) is 32.5 Å². The highest BCUT2D eigenvalue weighted by Crippen LogP contribution is 2.28. The lowest BCUT2D eigenvalue weighted by molar-refractivity contribution is 0.0657. The van der Waals surface area contributed by atoms with Gasteiger partial charge in [0.2, 0.25) is 5.88 Å². The number of ether oxygens (including phenoxy) is 3. The molecule has 0 radical (unpaired) electrons. The summed E-state index contributed by atoms with van der Waals surface area (Å²) in [6.07, 6.45) is 4.03. The van der Waals surface area contributed by atoms with Gasteiger partial charge in [-0.1, -0.05) is 6.07 Å². The summed E-state index contributed by atoms with van der Waals surface area (Å²) in [4.78, 5) is 23.4. The van der Waals surface area contributed by atoms with Crippen LogP contribution in [-0.4, -0.2) is 41.0 Å². The Morgan fingerprint density at radius 3 is 2.52 bits per heavy atom. The van der Waals surface area contributed by atoms with Crippen molar-refractivity contribution in [1.82, 2.24) is 14.9 Å². The number of fused-ring (bicyclic) bond motifs is 1. The number of rotatable bonds is 6. The van der Waals surface area contributed by atoms with Crippen molar-refractivity contribution in [2.24, 2.45) is 0 Å². The van der Waals surface area contributed by atoms with Crippen molar-refractivity contribution in [3.8, 4) is 17.4 Å². The molecule has 1 atom stereocenters. The first kappa shape index (κ1) is 20.7. The third-order valence-corrected chi connectivity index (χ3v) is 5.44. The minimum absolute atomic E-state index is 0.0398. The number of methoxy groups -OCH3 is 2. The highest BCUT2D eigenvalue weighted by Gasteiger charge is 2.28. The predicted molar refractivity (Wildman–Crippen MR) is 115 cm³/mol. The fourth-order valence-corrected chi connectivity index (χ4v) is 3.65. The second kappa shape index (κ2) is 9.04. The van der Waals surface area contributed by atoms with Gasteiger partial charge in [-0.3, -0.25) is 9.78 Å². The molecule has 1 aliphatic heterocycles. The van der Waals surface area contributed by atoms with E-state index >= 15 is 0 Å². The van der Waals surface area contributed by atoms with Crippen molar-refractivity contribution in [3.63, 3.8) is 0 Å². The Balaban J connectivity index is 1.46. The van der Waals surface area contributed by atoms with E-state index in [1.54, 1.807) is 38.7 Å². The van der Waals surface area contributed by atoms with Gasteiger partial charge in [0, 0.05) is 24.8 Å². The molecule has 7 nitrogen and oxygen atoms in total. The van der Waals surface area contributed by atoms with Crippen LogP contribution in [0.25, 0.3) is 0 Å². The Labute approximate surface area is 181 Å². The van der Waals surface area contributed by atoms with Crippen molar-refractivity contribution >= 4 is 5.91 Å². The van der Waals surface area contributed by atoms with E-state index in [9.17, 15) is 4.79 Å². The van der Waals surface area contributed by atoms with Crippen LogP contribution >= 0.6 is 0 Å². The molecule has 0 saturated carbocycles. The number of benzene rings is 1. The maximum absolute atomic E-state index is 13.1. The van der Waals surface area contributed by atoms with E-state index in [1.165, 1.54) is 5.56 Å². The molecule has 7 heteroatoms. The Morgan fingerprint density at radius 2 is 1.84 bits per heavy atom. The predicted octanol–water partition coefficient (Wildman–Crippen LogP) is 3.66. The molecule has 1 aromatic carbocycles. The first-order valence-electron chi connectivity index (χ1n) is 10.1. The van der Waals surface area contributed by atoms with Crippen LogP contribution in [0.2, 0.25) is 0 Å². The van der Waals surface area contributed by atoms with Crippen LogP contribution < -0.4 is 14.2 Å². The van der Waals surface area contributed by atoms with Gasteiger partial charge in [0.25, 0.3) is 5.91 Å². The molecule has 0 fully saturated rings. The van der Waals surface area contributed by atoms with E-state index in [0.717, 1.165) is 23.4 Å². The normalized spacial score (nSPS) is 15.2. The first-order chi connectivity index (χ1) is 15.1. The minimum Gasteiger partial charge on any atom is -0.495 e. The molecule has 160 valence electrons. The average molecular weight is 419 g/mol. The van der Waals surface area contributed by atoms with Gasteiger partial charge < -0.3 is 19.1 Å². The zero-order valence-corrected chi connectivity index (χ0v) is 17.9. The van der Waals surface area contributed by atoms with Gasteiger partial charge in [-0.15, -0.1) is 0 Å². The number of nitrogens with zero attached hydrogens (tertiary/aromatic N) is 3. The molecule has 3 heterocycles. The molecule has 0 N–H and O–H groups in total. The smallest absolute Gasteiger partial charge is 0.255 e. The third kappa shape index (κ3) is 4.60. The summed E-state index contributed by atoms with van der Waals surface area (Å²) < 4.78 is 16.1. The fraction of sp³-hybridized carbons (Fsp3) is 0.292. The molecule has 0 saturated heterocycles. The van der Waals surface area contributed by atoms with Gasteiger partial charge in [-0.25, -0.2) is 4.98 Å². The van der Waals surface area contributed by atoms with E-state index in [4.69, 9.17) is 14.2 Å². The Kier molecular flexibility index (Phi) is 6.02. The maximum atomic E-state index is 13.1. The standard InChI is InChI=1S/C24H25N3O4/c1-16-10-17-4-7-21(31-15-20-6-8-22(29-2)13-25-20)11-19(17)14-27(16)24(28)18-5-9-23(30-3)26-12-18/h4-9,11-13,16H,10,14-15H2,1-3H3. The monoisotopic (exact) mass is 419 g/mol. The van der Waals surface area contributed by atoms with E-state index in [2.05, 4.69) is 23.0 Å². The van der Waals surface area contributed by atoms with E-state index < -0.39 is 0 Å². The van der Waals surface area contributed by atoms with Crippen LogP contribution in [0, 0.1) is 0 Å². The van der Waals surface area contributed by atoms with Gasteiger partial charge in [-0.2, -0.15) is 0 Å². The van der Waals surface area contributed by atoms with Gasteiger partial charge >= 0.3 is 0 Å². The van der Waals surface area contributed by atoms with Crippen molar-refractivity contribution in [2.75, 3.05) is 14.2 Å². The molecule has 1 unspecified atom stereocenters. The van der Waals surface area contributed by atoms with Gasteiger partial charge in [-0.05, 0) is 54.8 Å². The molecular weight excluding hydrogens is 394 g/mol. The molecule has 2 aromatic heterocycles. The summed E-state index contributed by atoms with van der Waals surface area (Å²) in [5, 5.41) is 0. The number of amides is 1. The van der Waals surface area contributed by atoms with Crippen LogP contribution in [0.15, 0.2) is 54.9 Å². The van der Waals surface area contributed by atoms with Crippen LogP contribution in [0.5, 0.6) is 17.4 Å². The molecule has 0 spiro atoms. The lowest BCUT2D eigenvalue weighted by Gasteiger charge is -2.35. The van der Waals surface area contributed by atoms with Crippen LogP contribution in [-0.2, 0) is 19.6 Å². The van der Waals surface area contributed by atoms with E-state index in [-0.39, 0.29) is 11.9 Å². The summed E-state index contributed by atoms with van der Waals surface area (Å²) in [6.45, 7) is 2.95. The summed E-state index contributed by atoms with van der Waals surface area (Å²) in [6, 6.07) is 13.3. The average Bonchev–Trinajstić information content (AvgIpc) is 2.82. The highest BCUT2D eigenvalue weighted by atomic mass is 16.5. The zero-order valence-electron chi connectivity index (χ0n) is 17.9. The van der Waals surface area contributed by atoms with Crippen LogP contribution in [0.3, 0.4) is 0 Å². The number of carbonyl (C=O) groups is 1. The van der Waals surface area contributed by atoms with Gasteiger partial charge in [0.15, 0.2) is 0 Å². The Morgan fingerprint density at radius 1 is 1.00 bits per heavy atom. The van der Waals surface area contributed by atoms with Crippen LogP contribution in [0.1, 0.15) is 34.1 Å². The number of pyridine rings is 2. The molecule has 4 rings (SSSR count). The minimum atomic E-state index is -0.0398. The van der Waals surface area contributed by atoms with Crippen molar-refractivity contribution in [3.05, 3.63) is 77.2 Å². The topological polar surface area (TPSA) is 73.8 Å². The van der Waals surface area contributed by atoms with Gasteiger partial charge in [0.1, 0.15) is 18.1 Å². The quantitative estimate of drug-likeness (QED) is 0.607. The zero-order chi connectivity index (χ0) is 21.8. The molecule has 1 aliphatic rings. The summed E-state index contributed by atoms with van der Waals surface area (Å²) in [5.41, 5.74) is 3.69. The molecule has 0 aliphatic carbocycles. The number of hydrogen-bond donors (Lipinski definition) is 0. The lowest BCUT2D eigenvalue weighted by atomic mass is 9.94. The SMILES string of the molecule is COc1ccc(COc2ccc3c(c2)CN(C(=O)c2ccc(OC)nc2)C(C)C3)nc1. The molecule has 31 heavy (non-hydrogen) atoms. The van der Waals surface area contributed by atoms with Crippen LogP contribution in [0.4, 0.5) is 0 Å². The van der Waals surface area contributed by atoms with Crippen molar-refractivity contribution < 1.29 is 19.0 Å². The van der Waals surface area contributed by atoms with E-state index in [1.807, 2.05) is 29.2 Å². The van der Waals surface area contributed by atoms with Crippen molar-refractivity contribution in [1.29, 1.82) is 0 Å². The number of hydrogen-bond acceptors (Lipinski definition) is 6. The summed E-state index contributed by atoms with van der Waals surface area (Å²) in [7, 11) is 3.16. The summed E-state index contributed by atoms with van der Waals surface area (Å²) >= 11 is 0. The first-order valence-corrected chi connectivity index (χ1v) is 10.1. The number of carbonyl (C=O) groups excluding carboxylic acids is 1. The molecule has 0 bridgehead atoms. The second-order valence-corrected chi connectivity index (χ2v) is 7.48.